The minimum absolute atomic E-state index is 0.159. The zero-order valence-electron chi connectivity index (χ0n) is 10.9. The van der Waals surface area contributed by atoms with Crippen LogP contribution in [0.4, 0.5) is 0 Å². The summed E-state index contributed by atoms with van der Waals surface area (Å²) in [5, 5.41) is 0. The molecule has 0 bridgehead atoms. The van der Waals surface area contributed by atoms with Crippen LogP contribution < -0.4 is 5.73 Å². The van der Waals surface area contributed by atoms with Crippen molar-refractivity contribution in [2.75, 3.05) is 19.7 Å². The van der Waals surface area contributed by atoms with Crippen molar-refractivity contribution in [1.29, 1.82) is 0 Å². The van der Waals surface area contributed by atoms with Crippen molar-refractivity contribution in [3.8, 4) is 0 Å². The van der Waals surface area contributed by atoms with Crippen molar-refractivity contribution in [2.24, 2.45) is 5.73 Å². The highest BCUT2D eigenvalue weighted by Gasteiger charge is 2.37. The molecule has 2 aliphatic carbocycles. The molecule has 0 amide bonds. The maximum Gasteiger partial charge on any atom is 0.0730 e. The molecule has 98 valence electrons. The van der Waals surface area contributed by atoms with Gasteiger partial charge < -0.3 is 10.5 Å². The Labute approximate surface area is 105 Å². The number of nitrogens with two attached hydrogens (primary N) is 1. The van der Waals surface area contributed by atoms with E-state index < -0.39 is 0 Å². The molecule has 3 aliphatic rings. The molecule has 3 rings (SSSR count). The van der Waals surface area contributed by atoms with Gasteiger partial charge in [0, 0.05) is 24.7 Å². The highest BCUT2D eigenvalue weighted by Crippen LogP contribution is 2.33. The normalized spacial score (nSPS) is 37.2. The minimum atomic E-state index is 0.159. The molecule has 3 nitrogen and oxygen atoms in total. The van der Waals surface area contributed by atoms with Gasteiger partial charge in [0.05, 0.1) is 12.7 Å². The SMILES string of the molecule is NC1(CCN2CCOC3CCCC32)CCCC1. The Hall–Kier alpha value is -0.120. The predicted molar refractivity (Wildman–Crippen MR) is 69.0 cm³/mol. The lowest BCUT2D eigenvalue weighted by atomic mass is 9.94. The van der Waals surface area contributed by atoms with Crippen molar-refractivity contribution >= 4 is 0 Å². The van der Waals surface area contributed by atoms with E-state index in [1.165, 1.54) is 57.9 Å². The summed E-state index contributed by atoms with van der Waals surface area (Å²) >= 11 is 0. The van der Waals surface area contributed by atoms with E-state index in [2.05, 4.69) is 4.90 Å². The Morgan fingerprint density at radius 3 is 2.82 bits per heavy atom. The smallest absolute Gasteiger partial charge is 0.0730 e. The van der Waals surface area contributed by atoms with Crippen LogP contribution in [0.25, 0.3) is 0 Å². The van der Waals surface area contributed by atoms with Crippen LogP contribution in [0.2, 0.25) is 0 Å². The van der Waals surface area contributed by atoms with Crippen LogP contribution in [0.5, 0.6) is 0 Å². The van der Waals surface area contributed by atoms with Crippen molar-refractivity contribution in [2.45, 2.75) is 69.1 Å². The Balaban J connectivity index is 1.53. The van der Waals surface area contributed by atoms with Crippen molar-refractivity contribution in [1.82, 2.24) is 4.90 Å². The first-order valence-electron chi connectivity index (χ1n) is 7.41. The third kappa shape index (κ3) is 2.51. The first kappa shape index (κ1) is 11.9. The number of rotatable bonds is 3. The lowest BCUT2D eigenvalue weighted by molar-refractivity contribution is -0.0572. The van der Waals surface area contributed by atoms with Gasteiger partial charge in [-0.2, -0.15) is 0 Å². The quantitative estimate of drug-likeness (QED) is 0.816. The lowest BCUT2D eigenvalue weighted by Gasteiger charge is -2.39. The van der Waals surface area contributed by atoms with E-state index in [-0.39, 0.29) is 5.54 Å². The molecule has 0 aromatic heterocycles. The maximum atomic E-state index is 6.46. The summed E-state index contributed by atoms with van der Waals surface area (Å²) in [7, 11) is 0. The van der Waals surface area contributed by atoms with Crippen LogP contribution in [0.15, 0.2) is 0 Å². The molecule has 2 N–H and O–H groups in total. The van der Waals surface area contributed by atoms with E-state index in [0.717, 1.165) is 13.2 Å². The summed E-state index contributed by atoms with van der Waals surface area (Å²) in [5.41, 5.74) is 6.61. The molecule has 17 heavy (non-hydrogen) atoms. The number of morpholine rings is 1. The molecule has 1 heterocycles. The second-order valence-electron chi connectivity index (χ2n) is 6.26. The average Bonchev–Trinajstić information content (AvgIpc) is 2.95. The second-order valence-corrected chi connectivity index (χ2v) is 6.26. The largest absolute Gasteiger partial charge is 0.375 e. The molecule has 0 spiro atoms. The fraction of sp³-hybridized carbons (Fsp3) is 1.00. The number of fused-ring (bicyclic) bond motifs is 1. The molecule has 0 aromatic carbocycles. The van der Waals surface area contributed by atoms with Gasteiger partial charge in [-0.05, 0) is 38.5 Å². The van der Waals surface area contributed by atoms with Crippen molar-refractivity contribution < 1.29 is 4.74 Å². The first-order valence-corrected chi connectivity index (χ1v) is 7.41. The molecule has 1 saturated heterocycles. The van der Waals surface area contributed by atoms with Gasteiger partial charge in [-0.15, -0.1) is 0 Å². The van der Waals surface area contributed by atoms with Gasteiger partial charge in [-0.1, -0.05) is 12.8 Å². The molecule has 3 heteroatoms. The molecule has 2 unspecified atom stereocenters. The molecule has 2 atom stereocenters. The molecule has 1 aliphatic heterocycles. The summed E-state index contributed by atoms with van der Waals surface area (Å²) in [5.74, 6) is 0. The van der Waals surface area contributed by atoms with Gasteiger partial charge in [0.2, 0.25) is 0 Å². The number of ether oxygens (including phenoxy) is 1. The fourth-order valence-corrected chi connectivity index (χ4v) is 3.98. The van der Waals surface area contributed by atoms with Gasteiger partial charge >= 0.3 is 0 Å². The number of hydrogen-bond donors (Lipinski definition) is 1. The minimum Gasteiger partial charge on any atom is -0.375 e. The highest BCUT2D eigenvalue weighted by atomic mass is 16.5. The van der Waals surface area contributed by atoms with Crippen LogP contribution in [-0.4, -0.2) is 42.3 Å². The zero-order valence-corrected chi connectivity index (χ0v) is 10.9. The first-order chi connectivity index (χ1) is 8.27. The Morgan fingerprint density at radius 1 is 1.18 bits per heavy atom. The topological polar surface area (TPSA) is 38.5 Å². The maximum absolute atomic E-state index is 6.46. The fourth-order valence-electron chi connectivity index (χ4n) is 3.98. The van der Waals surface area contributed by atoms with Gasteiger partial charge in [-0.25, -0.2) is 0 Å². The average molecular weight is 238 g/mol. The van der Waals surface area contributed by atoms with Crippen LogP contribution >= 0.6 is 0 Å². The van der Waals surface area contributed by atoms with E-state index in [0.29, 0.717) is 12.1 Å². The van der Waals surface area contributed by atoms with Crippen molar-refractivity contribution in [3.63, 3.8) is 0 Å². The summed E-state index contributed by atoms with van der Waals surface area (Å²) in [6.45, 7) is 3.25. The van der Waals surface area contributed by atoms with Crippen molar-refractivity contribution in [3.05, 3.63) is 0 Å². The molecular formula is C14H26N2O. The molecule has 0 radical (unpaired) electrons. The van der Waals surface area contributed by atoms with Gasteiger partial charge in [0.1, 0.15) is 0 Å². The van der Waals surface area contributed by atoms with E-state index in [4.69, 9.17) is 10.5 Å². The monoisotopic (exact) mass is 238 g/mol. The van der Waals surface area contributed by atoms with E-state index in [1.807, 2.05) is 0 Å². The van der Waals surface area contributed by atoms with Crippen LogP contribution in [0.1, 0.15) is 51.4 Å². The van der Waals surface area contributed by atoms with E-state index in [9.17, 15) is 0 Å². The van der Waals surface area contributed by atoms with Crippen LogP contribution in [0.3, 0.4) is 0 Å². The molecule has 2 saturated carbocycles. The highest BCUT2D eigenvalue weighted by molar-refractivity contribution is 4.93. The number of nitrogens with zero attached hydrogens (tertiary/aromatic N) is 1. The summed E-state index contributed by atoms with van der Waals surface area (Å²) in [6.07, 6.45) is 10.8. The van der Waals surface area contributed by atoms with Gasteiger partial charge in [0.15, 0.2) is 0 Å². The van der Waals surface area contributed by atoms with Crippen LogP contribution in [-0.2, 0) is 4.74 Å². The molecule has 0 aromatic rings. The third-order valence-corrected chi connectivity index (χ3v) is 5.09. The number of hydrogen-bond acceptors (Lipinski definition) is 3. The Bertz CT molecular complexity index is 263. The second kappa shape index (κ2) is 4.87. The van der Waals surface area contributed by atoms with Crippen LogP contribution in [0, 0.1) is 0 Å². The van der Waals surface area contributed by atoms with Gasteiger partial charge in [0.25, 0.3) is 0 Å². The Morgan fingerprint density at radius 2 is 2.00 bits per heavy atom. The Kier molecular flexibility index (Phi) is 3.42. The van der Waals surface area contributed by atoms with E-state index >= 15 is 0 Å². The lowest BCUT2D eigenvalue weighted by Crippen LogP contribution is -2.51. The molecule has 3 fully saturated rings. The summed E-state index contributed by atoms with van der Waals surface area (Å²) in [4.78, 5) is 2.66. The molecular weight excluding hydrogens is 212 g/mol. The zero-order chi connectivity index (χ0) is 11.7. The van der Waals surface area contributed by atoms with E-state index in [1.54, 1.807) is 0 Å². The standard InChI is InChI=1S/C14H26N2O/c15-14(6-1-2-7-14)8-9-16-10-11-17-13-5-3-4-12(13)16/h12-13H,1-11,15H2. The summed E-state index contributed by atoms with van der Waals surface area (Å²) < 4.78 is 5.86. The van der Waals surface area contributed by atoms with Gasteiger partial charge in [-0.3, -0.25) is 4.90 Å². The third-order valence-electron chi connectivity index (χ3n) is 5.09. The summed E-state index contributed by atoms with van der Waals surface area (Å²) in [6, 6.07) is 0.703. The predicted octanol–water partition coefficient (Wildman–Crippen LogP) is 1.90.